The molecule has 2 saturated heterocycles. The van der Waals surface area contributed by atoms with Gasteiger partial charge in [0.1, 0.15) is 12.2 Å². The first-order valence-electron chi connectivity index (χ1n) is 7.46. The van der Waals surface area contributed by atoms with Gasteiger partial charge >= 0.3 is 6.09 Å². The molecule has 0 spiro atoms. The summed E-state index contributed by atoms with van der Waals surface area (Å²) in [5.41, 5.74) is 0. The Morgan fingerprint density at radius 1 is 1.43 bits per heavy atom. The molecule has 0 radical (unpaired) electrons. The van der Waals surface area contributed by atoms with Gasteiger partial charge in [-0.3, -0.25) is 14.5 Å². The van der Waals surface area contributed by atoms with Crippen LogP contribution in [0, 0.1) is 5.92 Å². The fourth-order valence-corrected chi connectivity index (χ4v) is 3.03. The van der Waals surface area contributed by atoms with E-state index in [4.69, 9.17) is 0 Å². The highest BCUT2D eigenvalue weighted by Gasteiger charge is 2.47. The number of hydrogen-bond acceptors (Lipinski definition) is 3. The fourth-order valence-electron chi connectivity index (χ4n) is 3.03. The molecular weight excluding hydrogens is 274 g/mol. The highest BCUT2D eigenvalue weighted by Crippen LogP contribution is 2.26. The molecule has 0 aliphatic carbocycles. The highest BCUT2D eigenvalue weighted by atomic mass is 16.4. The van der Waals surface area contributed by atoms with Gasteiger partial charge < -0.3 is 14.9 Å². The molecule has 2 fully saturated rings. The molecule has 2 heterocycles. The van der Waals surface area contributed by atoms with Crippen LogP contribution < -0.4 is 0 Å². The summed E-state index contributed by atoms with van der Waals surface area (Å²) in [4.78, 5) is 40.3. The van der Waals surface area contributed by atoms with Gasteiger partial charge in [-0.05, 0) is 12.8 Å². The molecule has 3 atom stereocenters. The Kier molecular flexibility index (Phi) is 4.39. The predicted molar refractivity (Wildman–Crippen MR) is 75.5 cm³/mol. The van der Waals surface area contributed by atoms with Crippen LogP contribution in [-0.4, -0.2) is 69.6 Å². The van der Waals surface area contributed by atoms with Crippen molar-refractivity contribution in [2.24, 2.45) is 5.92 Å². The molecule has 7 heteroatoms. The van der Waals surface area contributed by atoms with E-state index in [-0.39, 0.29) is 31.3 Å². The maximum atomic E-state index is 12.4. The van der Waals surface area contributed by atoms with Crippen molar-refractivity contribution < 1.29 is 19.5 Å². The SMILES string of the molecule is CCC(C)CN1CC2N(C(=O)O)CCC(=O)N2C(C)C1=O. The van der Waals surface area contributed by atoms with Crippen LogP contribution in [0.4, 0.5) is 4.79 Å². The third kappa shape index (κ3) is 2.82. The summed E-state index contributed by atoms with van der Waals surface area (Å²) in [5, 5.41) is 9.31. The normalized spacial score (nSPS) is 27.7. The first-order chi connectivity index (χ1) is 9.86. The molecule has 2 aliphatic rings. The summed E-state index contributed by atoms with van der Waals surface area (Å²) in [7, 11) is 0. The minimum Gasteiger partial charge on any atom is -0.465 e. The van der Waals surface area contributed by atoms with Crippen LogP contribution in [-0.2, 0) is 9.59 Å². The third-order valence-corrected chi connectivity index (χ3v) is 4.48. The van der Waals surface area contributed by atoms with E-state index in [0.29, 0.717) is 12.5 Å². The zero-order valence-corrected chi connectivity index (χ0v) is 12.8. The molecule has 0 bridgehead atoms. The number of carbonyl (C=O) groups is 3. The van der Waals surface area contributed by atoms with Crippen LogP contribution in [0.2, 0.25) is 0 Å². The number of amides is 3. The smallest absolute Gasteiger partial charge is 0.409 e. The van der Waals surface area contributed by atoms with E-state index in [1.807, 2.05) is 0 Å². The van der Waals surface area contributed by atoms with Gasteiger partial charge in [0.15, 0.2) is 0 Å². The van der Waals surface area contributed by atoms with E-state index < -0.39 is 18.3 Å². The van der Waals surface area contributed by atoms with Crippen LogP contribution in [0.5, 0.6) is 0 Å². The standard InChI is InChI=1S/C14H23N3O4/c1-4-9(2)7-15-8-11-16(14(20)21)6-5-12(18)17(11)10(3)13(15)19/h9-11H,4-8H2,1-3H3,(H,20,21). The summed E-state index contributed by atoms with van der Waals surface area (Å²) in [6.45, 7) is 6.87. The second-order valence-electron chi connectivity index (χ2n) is 5.94. The summed E-state index contributed by atoms with van der Waals surface area (Å²) in [5.74, 6) is 0.124. The van der Waals surface area contributed by atoms with E-state index in [9.17, 15) is 19.5 Å². The maximum absolute atomic E-state index is 12.4. The van der Waals surface area contributed by atoms with Crippen molar-refractivity contribution in [2.45, 2.75) is 45.8 Å². The van der Waals surface area contributed by atoms with E-state index in [1.54, 1.807) is 11.8 Å². The van der Waals surface area contributed by atoms with Crippen molar-refractivity contribution in [3.8, 4) is 0 Å². The summed E-state index contributed by atoms with van der Waals surface area (Å²) in [6, 6.07) is -0.595. The molecule has 118 valence electrons. The fraction of sp³-hybridized carbons (Fsp3) is 0.786. The van der Waals surface area contributed by atoms with Crippen molar-refractivity contribution in [2.75, 3.05) is 19.6 Å². The Hall–Kier alpha value is -1.79. The number of hydrogen-bond donors (Lipinski definition) is 1. The van der Waals surface area contributed by atoms with Gasteiger partial charge in [0.25, 0.3) is 0 Å². The van der Waals surface area contributed by atoms with Crippen molar-refractivity contribution in [1.82, 2.24) is 14.7 Å². The first kappa shape index (κ1) is 15.6. The topological polar surface area (TPSA) is 81.2 Å². The zero-order valence-electron chi connectivity index (χ0n) is 12.8. The monoisotopic (exact) mass is 297 g/mol. The number of carbonyl (C=O) groups excluding carboxylic acids is 2. The maximum Gasteiger partial charge on any atom is 0.409 e. The molecule has 3 unspecified atom stereocenters. The molecule has 3 amide bonds. The number of carboxylic acid groups (broad SMARTS) is 1. The Balaban J connectivity index is 2.24. The van der Waals surface area contributed by atoms with Gasteiger partial charge in [-0.25, -0.2) is 4.79 Å². The predicted octanol–water partition coefficient (Wildman–Crippen LogP) is 0.802. The summed E-state index contributed by atoms with van der Waals surface area (Å²) in [6.07, 6.45) is -0.497. The van der Waals surface area contributed by atoms with Gasteiger partial charge in [-0.15, -0.1) is 0 Å². The van der Waals surface area contributed by atoms with Gasteiger partial charge in [-0.2, -0.15) is 0 Å². The number of rotatable bonds is 3. The van der Waals surface area contributed by atoms with E-state index in [2.05, 4.69) is 13.8 Å². The second-order valence-corrected chi connectivity index (χ2v) is 5.94. The van der Waals surface area contributed by atoms with E-state index in [0.717, 1.165) is 6.42 Å². The molecule has 1 N–H and O–H groups in total. The largest absolute Gasteiger partial charge is 0.465 e. The molecule has 0 saturated carbocycles. The van der Waals surface area contributed by atoms with Crippen LogP contribution in [0.3, 0.4) is 0 Å². The quantitative estimate of drug-likeness (QED) is 0.835. The molecule has 0 aromatic rings. The van der Waals surface area contributed by atoms with Crippen molar-refractivity contribution in [1.29, 1.82) is 0 Å². The lowest BCUT2D eigenvalue weighted by atomic mass is 10.0. The average molecular weight is 297 g/mol. The Morgan fingerprint density at radius 2 is 2.10 bits per heavy atom. The van der Waals surface area contributed by atoms with Crippen LogP contribution in [0.25, 0.3) is 0 Å². The number of piperazine rings is 1. The van der Waals surface area contributed by atoms with Crippen LogP contribution in [0.1, 0.15) is 33.6 Å². The summed E-state index contributed by atoms with van der Waals surface area (Å²) >= 11 is 0. The second kappa shape index (κ2) is 5.91. The molecule has 21 heavy (non-hydrogen) atoms. The lowest BCUT2D eigenvalue weighted by Crippen LogP contribution is -2.70. The third-order valence-electron chi connectivity index (χ3n) is 4.48. The average Bonchev–Trinajstić information content (AvgIpc) is 2.43. The molecule has 2 aliphatic heterocycles. The van der Waals surface area contributed by atoms with Gasteiger partial charge in [0, 0.05) is 19.5 Å². The van der Waals surface area contributed by atoms with Gasteiger partial charge in [-0.1, -0.05) is 20.3 Å². The van der Waals surface area contributed by atoms with Crippen molar-refractivity contribution in [3.05, 3.63) is 0 Å². The minimum atomic E-state index is -1.04. The molecule has 0 aromatic heterocycles. The minimum absolute atomic E-state index is 0.0906. The summed E-state index contributed by atoms with van der Waals surface area (Å²) < 4.78 is 0. The van der Waals surface area contributed by atoms with E-state index >= 15 is 0 Å². The van der Waals surface area contributed by atoms with Crippen LogP contribution >= 0.6 is 0 Å². The lowest BCUT2D eigenvalue weighted by molar-refractivity contribution is -0.166. The zero-order chi connectivity index (χ0) is 15.7. The molecule has 0 aromatic carbocycles. The first-order valence-corrected chi connectivity index (χ1v) is 7.46. The highest BCUT2D eigenvalue weighted by molar-refractivity contribution is 5.90. The number of fused-ring (bicyclic) bond motifs is 1. The Bertz CT molecular complexity index is 454. The molecule has 2 rings (SSSR count). The van der Waals surface area contributed by atoms with Gasteiger partial charge in [0.05, 0.1) is 6.54 Å². The lowest BCUT2D eigenvalue weighted by Gasteiger charge is -2.51. The molecule has 7 nitrogen and oxygen atoms in total. The number of nitrogens with zero attached hydrogens (tertiary/aromatic N) is 3. The molecular formula is C14H23N3O4. The van der Waals surface area contributed by atoms with Crippen molar-refractivity contribution >= 4 is 17.9 Å². The van der Waals surface area contributed by atoms with Gasteiger partial charge in [0.2, 0.25) is 11.8 Å². The Labute approximate surface area is 124 Å². The van der Waals surface area contributed by atoms with Crippen molar-refractivity contribution in [3.63, 3.8) is 0 Å². The van der Waals surface area contributed by atoms with Crippen LogP contribution in [0.15, 0.2) is 0 Å². The Morgan fingerprint density at radius 3 is 2.67 bits per heavy atom. The van der Waals surface area contributed by atoms with E-state index in [1.165, 1.54) is 9.80 Å².